The summed E-state index contributed by atoms with van der Waals surface area (Å²) in [4.78, 5) is 14.9. The third-order valence-electron chi connectivity index (χ3n) is 9.36. The van der Waals surface area contributed by atoms with Gasteiger partial charge in [0, 0.05) is 32.7 Å². The lowest BCUT2D eigenvalue weighted by atomic mass is 9.64. The molecule has 0 aliphatic carbocycles. The molecule has 0 aliphatic heterocycles. The largest absolute Gasteiger partial charge is 0.456 e. The van der Waals surface area contributed by atoms with Crippen LogP contribution in [0.2, 0.25) is 0 Å². The van der Waals surface area contributed by atoms with Crippen LogP contribution in [0.15, 0.2) is 106 Å². The number of nitrogens with zero attached hydrogens (tertiary/aromatic N) is 3. The van der Waals surface area contributed by atoms with E-state index in [1.54, 1.807) is 0 Å². The molecule has 12 heteroatoms. The molecular formula is C39H16B7N3O2. The van der Waals surface area contributed by atoms with Crippen LogP contribution in [-0.4, -0.2) is 69.9 Å². The molecular weight excluding hydrogens is 618 g/mol. The minimum Gasteiger partial charge on any atom is -0.456 e. The van der Waals surface area contributed by atoms with Crippen molar-refractivity contribution >= 4 is 137 Å². The first-order valence-corrected chi connectivity index (χ1v) is 16.0. The fourth-order valence-electron chi connectivity index (χ4n) is 6.70. The molecule has 3 heterocycles. The number of rotatable bonds is 4. The Morgan fingerprint density at radius 3 is 1.71 bits per heavy atom. The Labute approximate surface area is 302 Å². The Hall–Kier alpha value is -5.62. The molecule has 5 nitrogen and oxygen atoms in total. The monoisotopic (exact) mass is 635 g/mol. The van der Waals surface area contributed by atoms with Crippen LogP contribution in [0.4, 0.5) is 0 Å². The number of para-hydroxylation sites is 1. The third-order valence-corrected chi connectivity index (χ3v) is 9.36. The number of aromatic nitrogens is 3. The van der Waals surface area contributed by atoms with Crippen LogP contribution in [-0.2, 0) is 0 Å². The zero-order valence-corrected chi connectivity index (χ0v) is 26.9. The van der Waals surface area contributed by atoms with Gasteiger partial charge in [-0.05, 0) is 35.4 Å². The predicted octanol–water partition coefficient (Wildman–Crippen LogP) is 1.90. The molecule has 3 aromatic heterocycles. The second-order valence-electron chi connectivity index (χ2n) is 12.3. The van der Waals surface area contributed by atoms with Crippen molar-refractivity contribution in [2.24, 2.45) is 0 Å². The van der Waals surface area contributed by atoms with Crippen molar-refractivity contribution in [3.63, 3.8) is 0 Å². The Bertz CT molecular complexity index is 2900. The lowest BCUT2D eigenvalue weighted by molar-refractivity contribution is 0.669. The Kier molecular flexibility index (Phi) is 7.22. The molecule has 0 spiro atoms. The van der Waals surface area contributed by atoms with E-state index in [9.17, 15) is 0 Å². The molecule has 220 valence electrons. The minimum absolute atomic E-state index is 0.0872. The van der Waals surface area contributed by atoms with E-state index in [0.29, 0.717) is 33.6 Å². The van der Waals surface area contributed by atoms with Crippen molar-refractivity contribution in [1.82, 2.24) is 15.0 Å². The normalized spacial score (nSPS) is 11.7. The van der Waals surface area contributed by atoms with Crippen molar-refractivity contribution in [2.75, 3.05) is 0 Å². The maximum Gasteiger partial charge on any atom is 0.167 e. The van der Waals surface area contributed by atoms with Crippen molar-refractivity contribution in [2.45, 2.75) is 0 Å². The zero-order chi connectivity index (χ0) is 35.1. The second-order valence-corrected chi connectivity index (χ2v) is 12.3. The summed E-state index contributed by atoms with van der Waals surface area (Å²) in [5, 5.41) is 2.69. The number of furan rings is 2. The summed E-state index contributed by atoms with van der Waals surface area (Å²) in [6, 6.07) is 31.7. The molecule has 0 aliphatic rings. The quantitative estimate of drug-likeness (QED) is 0.277. The highest BCUT2D eigenvalue weighted by Crippen LogP contribution is 2.35. The van der Waals surface area contributed by atoms with E-state index in [-0.39, 0.29) is 60.8 Å². The van der Waals surface area contributed by atoms with Crippen LogP contribution in [0.5, 0.6) is 0 Å². The number of fused-ring (bicyclic) bond motifs is 6. The van der Waals surface area contributed by atoms with Gasteiger partial charge in [-0.3, -0.25) is 0 Å². The van der Waals surface area contributed by atoms with E-state index in [1.165, 1.54) is 0 Å². The molecule has 0 bridgehead atoms. The van der Waals surface area contributed by atoms with E-state index in [1.807, 2.05) is 97.1 Å². The van der Waals surface area contributed by atoms with Crippen LogP contribution in [0.25, 0.3) is 89.2 Å². The van der Waals surface area contributed by atoms with Gasteiger partial charge in [0.25, 0.3) is 0 Å². The number of benzene rings is 6. The van der Waals surface area contributed by atoms with Crippen molar-refractivity contribution in [3.8, 4) is 45.3 Å². The Balaban J connectivity index is 1.34. The topological polar surface area (TPSA) is 65.0 Å². The van der Waals surface area contributed by atoms with E-state index in [0.717, 1.165) is 33.0 Å². The van der Waals surface area contributed by atoms with Crippen molar-refractivity contribution in [3.05, 3.63) is 97.1 Å². The van der Waals surface area contributed by atoms with Crippen LogP contribution < -0.4 is 38.2 Å². The molecule has 0 saturated heterocycles. The van der Waals surface area contributed by atoms with Gasteiger partial charge in [-0.15, -0.1) is 16.4 Å². The Morgan fingerprint density at radius 1 is 0.373 bits per heavy atom. The third kappa shape index (κ3) is 4.84. The van der Waals surface area contributed by atoms with Gasteiger partial charge in [0.1, 0.15) is 77.3 Å². The smallest absolute Gasteiger partial charge is 0.167 e. The van der Waals surface area contributed by atoms with E-state index < -0.39 is 0 Å². The fraction of sp³-hybridized carbons (Fsp3) is 0. The average molecular weight is 634 g/mol. The molecule has 51 heavy (non-hydrogen) atoms. The number of hydrogen-bond acceptors (Lipinski definition) is 5. The van der Waals surface area contributed by atoms with Gasteiger partial charge in [0.15, 0.2) is 17.5 Å². The summed E-state index contributed by atoms with van der Waals surface area (Å²) < 4.78 is 12.6. The standard InChI is InChI=1S/C39H16B7N3O2/c40-28-25-26-29(41)32(44)33(45)34(46)36(26)51-35(25)27(30(42)31(28)43)39-48-37(19-10-6-9-18(15-19)17-7-2-1-3-8-17)47-38(49-39)20-13-14-22-21-11-4-5-12-23(21)50-24(22)16-20/h1-16H. The SMILES string of the molecule is [B]c1c([B])c([B])c2c(oc3c(-c4nc(-c5cccc(-c6ccccc6)c5)nc(-c5ccc6c(c5)oc5ccccc56)n4)c([B])c([B])c([B])c32)c1[B]. The highest BCUT2D eigenvalue weighted by molar-refractivity contribution is 6.69. The summed E-state index contributed by atoms with van der Waals surface area (Å²) >= 11 is 0. The first kappa shape index (κ1) is 31.4. The maximum absolute atomic E-state index is 6.74. The van der Waals surface area contributed by atoms with E-state index in [4.69, 9.17) is 78.7 Å². The van der Waals surface area contributed by atoms with Crippen LogP contribution >= 0.6 is 0 Å². The van der Waals surface area contributed by atoms with Crippen LogP contribution in [0, 0.1) is 0 Å². The van der Waals surface area contributed by atoms with E-state index >= 15 is 0 Å². The van der Waals surface area contributed by atoms with Gasteiger partial charge in [0.2, 0.25) is 0 Å². The van der Waals surface area contributed by atoms with Gasteiger partial charge in [0.05, 0.1) is 5.56 Å². The van der Waals surface area contributed by atoms with Crippen molar-refractivity contribution < 1.29 is 8.83 Å². The summed E-state index contributed by atoms with van der Waals surface area (Å²) in [6.07, 6.45) is 0. The summed E-state index contributed by atoms with van der Waals surface area (Å²) in [7, 11) is 45.2. The minimum atomic E-state index is 0.0872. The molecule has 14 radical (unpaired) electrons. The van der Waals surface area contributed by atoms with E-state index in [2.05, 4.69) is 0 Å². The zero-order valence-electron chi connectivity index (χ0n) is 26.9. The molecule has 0 amide bonds. The van der Waals surface area contributed by atoms with Gasteiger partial charge in [-0.1, -0.05) is 94.6 Å². The lowest BCUT2D eigenvalue weighted by Crippen LogP contribution is -2.48. The molecule has 9 aromatic rings. The van der Waals surface area contributed by atoms with Crippen LogP contribution in [0.3, 0.4) is 0 Å². The molecule has 0 atom stereocenters. The first-order chi connectivity index (χ1) is 24.7. The van der Waals surface area contributed by atoms with Crippen molar-refractivity contribution in [1.29, 1.82) is 0 Å². The molecule has 0 N–H and O–H groups in total. The van der Waals surface area contributed by atoms with Gasteiger partial charge in [-0.25, -0.2) is 15.0 Å². The summed E-state index contributed by atoms with van der Waals surface area (Å²) in [6.45, 7) is 0. The number of hydrogen-bond donors (Lipinski definition) is 0. The first-order valence-electron chi connectivity index (χ1n) is 16.0. The van der Waals surface area contributed by atoms with Gasteiger partial charge < -0.3 is 8.83 Å². The fourth-order valence-corrected chi connectivity index (χ4v) is 6.70. The molecule has 6 aromatic carbocycles. The van der Waals surface area contributed by atoms with Gasteiger partial charge >= 0.3 is 0 Å². The molecule has 0 unspecified atom stereocenters. The average Bonchev–Trinajstić information content (AvgIpc) is 3.75. The van der Waals surface area contributed by atoms with Crippen LogP contribution in [0.1, 0.15) is 0 Å². The molecule has 0 saturated carbocycles. The summed E-state index contributed by atoms with van der Waals surface area (Å²) in [5.74, 6) is 0.911. The highest BCUT2D eigenvalue weighted by atomic mass is 16.3. The van der Waals surface area contributed by atoms with Gasteiger partial charge in [-0.2, -0.15) is 0 Å². The Morgan fingerprint density at radius 2 is 0.941 bits per heavy atom. The highest BCUT2D eigenvalue weighted by Gasteiger charge is 2.25. The summed E-state index contributed by atoms with van der Waals surface area (Å²) in [5.41, 5.74) is 6.34. The second kappa shape index (κ2) is 11.7. The molecule has 0 fully saturated rings. The lowest BCUT2D eigenvalue weighted by Gasteiger charge is -2.16. The maximum atomic E-state index is 6.74. The predicted molar refractivity (Wildman–Crippen MR) is 214 cm³/mol. The molecule has 9 rings (SSSR count).